The zero-order valence-corrected chi connectivity index (χ0v) is 12.9. The van der Waals surface area contributed by atoms with Crippen LogP contribution in [-0.4, -0.2) is 25.2 Å². The van der Waals surface area contributed by atoms with Gasteiger partial charge in [-0.2, -0.15) is 0 Å². The van der Waals surface area contributed by atoms with Crippen LogP contribution in [-0.2, 0) is 19.1 Å². The lowest BCUT2D eigenvalue weighted by molar-refractivity contribution is -0.147. The minimum Gasteiger partial charge on any atom is -0.466 e. The van der Waals surface area contributed by atoms with Crippen LogP contribution in [0.2, 0.25) is 0 Å². The zero-order valence-electron chi connectivity index (χ0n) is 12.9. The Morgan fingerprint density at radius 3 is 1.90 bits per heavy atom. The van der Waals surface area contributed by atoms with Crippen molar-refractivity contribution in [2.45, 2.75) is 65.2 Å². The van der Waals surface area contributed by atoms with Gasteiger partial charge in [0.05, 0.1) is 13.2 Å². The molecule has 20 heavy (non-hydrogen) atoms. The van der Waals surface area contributed by atoms with E-state index in [4.69, 9.17) is 9.47 Å². The predicted molar refractivity (Wildman–Crippen MR) is 77.2 cm³/mol. The van der Waals surface area contributed by atoms with Gasteiger partial charge in [-0.1, -0.05) is 32.1 Å². The molecule has 1 rings (SSSR count). The van der Waals surface area contributed by atoms with Crippen LogP contribution in [0.25, 0.3) is 0 Å². The molecule has 0 heterocycles. The molecule has 0 aromatic rings. The van der Waals surface area contributed by atoms with Crippen LogP contribution in [0.1, 0.15) is 65.2 Å². The largest absolute Gasteiger partial charge is 0.466 e. The Labute approximate surface area is 122 Å². The van der Waals surface area contributed by atoms with E-state index >= 15 is 0 Å². The fourth-order valence-corrected chi connectivity index (χ4v) is 3.04. The Hall–Kier alpha value is -1.06. The van der Waals surface area contributed by atoms with Gasteiger partial charge in [-0.05, 0) is 32.1 Å². The fourth-order valence-electron chi connectivity index (χ4n) is 3.04. The molecule has 1 aliphatic carbocycles. The summed E-state index contributed by atoms with van der Waals surface area (Å²) in [5, 5.41) is 0. The Bertz CT molecular complexity index is 275. The molecule has 0 bridgehead atoms. The molecule has 0 spiro atoms. The van der Waals surface area contributed by atoms with Crippen LogP contribution in [0, 0.1) is 11.8 Å². The van der Waals surface area contributed by atoms with E-state index in [1.807, 2.05) is 0 Å². The molecule has 0 radical (unpaired) electrons. The van der Waals surface area contributed by atoms with Gasteiger partial charge in [0, 0.05) is 12.8 Å². The third kappa shape index (κ3) is 6.92. The van der Waals surface area contributed by atoms with Crippen LogP contribution in [0.3, 0.4) is 0 Å². The summed E-state index contributed by atoms with van der Waals surface area (Å²) in [6.45, 7) is 4.40. The predicted octanol–water partition coefficient (Wildman–Crippen LogP) is 3.48. The summed E-state index contributed by atoms with van der Waals surface area (Å²) in [5.74, 6) is 0.323. The van der Waals surface area contributed by atoms with Gasteiger partial charge in [0.1, 0.15) is 0 Å². The average Bonchev–Trinajstić information content (AvgIpc) is 2.40. The minimum atomic E-state index is -0.197. The minimum absolute atomic E-state index is 0.0659. The monoisotopic (exact) mass is 284 g/mol. The van der Waals surface area contributed by atoms with Crippen molar-refractivity contribution in [1.82, 2.24) is 0 Å². The maximum atomic E-state index is 11.7. The van der Waals surface area contributed by atoms with Crippen molar-refractivity contribution in [3.63, 3.8) is 0 Å². The molecular formula is C16H28O4. The quantitative estimate of drug-likeness (QED) is 0.640. The van der Waals surface area contributed by atoms with E-state index in [0.717, 1.165) is 6.42 Å². The second-order valence-corrected chi connectivity index (χ2v) is 5.62. The van der Waals surface area contributed by atoms with Gasteiger partial charge < -0.3 is 9.47 Å². The first-order valence-electron chi connectivity index (χ1n) is 7.96. The maximum absolute atomic E-state index is 11.7. The highest BCUT2D eigenvalue weighted by Gasteiger charge is 2.24. The van der Waals surface area contributed by atoms with Crippen molar-refractivity contribution in [2.75, 3.05) is 13.2 Å². The number of rotatable bonds is 8. The third-order valence-electron chi connectivity index (χ3n) is 3.91. The molecule has 0 N–H and O–H groups in total. The van der Waals surface area contributed by atoms with E-state index in [9.17, 15) is 9.59 Å². The van der Waals surface area contributed by atoms with Crippen LogP contribution in [0.15, 0.2) is 0 Å². The molecule has 0 amide bonds. The highest BCUT2D eigenvalue weighted by atomic mass is 16.5. The first-order valence-corrected chi connectivity index (χ1v) is 7.96. The molecule has 1 fully saturated rings. The molecule has 0 aromatic heterocycles. The molecule has 0 aliphatic heterocycles. The van der Waals surface area contributed by atoms with Crippen molar-refractivity contribution in [3.05, 3.63) is 0 Å². The zero-order chi connectivity index (χ0) is 14.8. The van der Waals surface area contributed by atoms with E-state index in [1.54, 1.807) is 13.8 Å². The van der Waals surface area contributed by atoms with Crippen LogP contribution in [0.4, 0.5) is 0 Å². The Balaban J connectivity index is 2.48. The molecule has 0 aromatic carbocycles. The lowest BCUT2D eigenvalue weighted by Gasteiger charge is -2.25. The number of carbonyl (C=O) groups excluding carboxylic acids is 2. The van der Waals surface area contributed by atoms with Crippen LogP contribution >= 0.6 is 0 Å². The number of hydrogen-bond donors (Lipinski definition) is 0. The summed E-state index contributed by atoms with van der Waals surface area (Å²) in [5.41, 5.74) is 0. The van der Waals surface area contributed by atoms with Crippen LogP contribution in [0.5, 0.6) is 0 Å². The van der Waals surface area contributed by atoms with E-state index in [0.29, 0.717) is 32.0 Å². The molecule has 1 saturated carbocycles. The molecule has 116 valence electrons. The molecule has 1 aliphatic rings. The van der Waals surface area contributed by atoms with E-state index in [-0.39, 0.29) is 17.9 Å². The molecular weight excluding hydrogens is 256 g/mol. The SMILES string of the molecule is CCOC(=O)CC(CC(=O)OCC)CC1CCCCC1. The topological polar surface area (TPSA) is 52.6 Å². The van der Waals surface area contributed by atoms with Gasteiger partial charge in [0.2, 0.25) is 0 Å². The Kier molecular flexibility index (Phi) is 8.31. The lowest BCUT2D eigenvalue weighted by atomic mass is 9.81. The smallest absolute Gasteiger partial charge is 0.306 e. The lowest BCUT2D eigenvalue weighted by Crippen LogP contribution is -2.20. The summed E-state index contributed by atoms with van der Waals surface area (Å²) in [4.78, 5) is 23.3. The number of carbonyl (C=O) groups is 2. The van der Waals surface area contributed by atoms with Crippen molar-refractivity contribution in [2.24, 2.45) is 11.8 Å². The summed E-state index contributed by atoms with van der Waals surface area (Å²) >= 11 is 0. The fraction of sp³-hybridized carbons (Fsp3) is 0.875. The summed E-state index contributed by atoms with van der Waals surface area (Å²) in [6, 6.07) is 0. The number of hydrogen-bond acceptors (Lipinski definition) is 4. The van der Waals surface area contributed by atoms with Crippen LogP contribution < -0.4 is 0 Å². The first kappa shape index (κ1) is 17.0. The van der Waals surface area contributed by atoms with Crippen molar-refractivity contribution < 1.29 is 19.1 Å². The summed E-state index contributed by atoms with van der Waals surface area (Å²) < 4.78 is 10.0. The molecule has 0 unspecified atom stereocenters. The van der Waals surface area contributed by atoms with Gasteiger partial charge in [-0.25, -0.2) is 0 Å². The normalized spacial score (nSPS) is 16.1. The van der Waals surface area contributed by atoms with Gasteiger partial charge >= 0.3 is 11.9 Å². The Morgan fingerprint density at radius 1 is 0.950 bits per heavy atom. The van der Waals surface area contributed by atoms with Gasteiger partial charge in [-0.3, -0.25) is 9.59 Å². The van der Waals surface area contributed by atoms with E-state index in [2.05, 4.69) is 0 Å². The first-order chi connectivity index (χ1) is 9.65. The van der Waals surface area contributed by atoms with E-state index < -0.39 is 0 Å². The van der Waals surface area contributed by atoms with Crippen molar-refractivity contribution >= 4 is 11.9 Å². The van der Waals surface area contributed by atoms with Gasteiger partial charge in [0.25, 0.3) is 0 Å². The van der Waals surface area contributed by atoms with E-state index in [1.165, 1.54) is 32.1 Å². The van der Waals surface area contributed by atoms with Crippen molar-refractivity contribution in [1.29, 1.82) is 0 Å². The number of ether oxygens (including phenoxy) is 2. The molecule has 4 nitrogen and oxygen atoms in total. The Morgan fingerprint density at radius 2 is 1.45 bits per heavy atom. The second kappa shape index (κ2) is 9.78. The molecule has 0 atom stereocenters. The number of esters is 2. The average molecular weight is 284 g/mol. The summed E-state index contributed by atoms with van der Waals surface area (Å²) in [7, 11) is 0. The highest BCUT2D eigenvalue weighted by Crippen LogP contribution is 2.31. The standard InChI is InChI=1S/C16H28O4/c1-3-19-15(17)11-14(12-16(18)20-4-2)10-13-8-6-5-7-9-13/h13-14H,3-12H2,1-2H3. The van der Waals surface area contributed by atoms with Gasteiger partial charge in [-0.15, -0.1) is 0 Å². The third-order valence-corrected chi connectivity index (χ3v) is 3.91. The highest BCUT2D eigenvalue weighted by molar-refractivity contribution is 5.73. The maximum Gasteiger partial charge on any atom is 0.306 e. The second-order valence-electron chi connectivity index (χ2n) is 5.62. The van der Waals surface area contributed by atoms with Crippen molar-refractivity contribution in [3.8, 4) is 0 Å². The summed E-state index contributed by atoms with van der Waals surface area (Å²) in [6.07, 6.45) is 7.93. The van der Waals surface area contributed by atoms with Gasteiger partial charge in [0.15, 0.2) is 0 Å². The molecule has 4 heteroatoms. The molecule has 0 saturated heterocycles.